The second kappa shape index (κ2) is 8.19. The van der Waals surface area contributed by atoms with Gasteiger partial charge in [-0.2, -0.15) is 0 Å². The van der Waals surface area contributed by atoms with Gasteiger partial charge < -0.3 is 4.90 Å². The van der Waals surface area contributed by atoms with Crippen molar-refractivity contribution in [2.24, 2.45) is 0 Å². The van der Waals surface area contributed by atoms with Crippen LogP contribution in [0.5, 0.6) is 0 Å². The van der Waals surface area contributed by atoms with E-state index < -0.39 is 0 Å². The molecular formula is C14H21N5OS2. The molecule has 0 aliphatic rings. The molecule has 6 nitrogen and oxygen atoms in total. The Bertz CT molecular complexity index is 610. The van der Waals surface area contributed by atoms with Gasteiger partial charge in [-0.25, -0.2) is 9.78 Å². The highest BCUT2D eigenvalue weighted by Gasteiger charge is 2.13. The van der Waals surface area contributed by atoms with Crippen LogP contribution in [0.25, 0.3) is 0 Å². The second-order valence-corrected chi connectivity index (χ2v) is 7.23. The molecule has 0 unspecified atom stereocenters. The van der Waals surface area contributed by atoms with Gasteiger partial charge in [0.05, 0.1) is 17.2 Å². The monoisotopic (exact) mass is 339 g/mol. The molecule has 0 fully saturated rings. The van der Waals surface area contributed by atoms with Crippen molar-refractivity contribution < 1.29 is 4.79 Å². The first-order chi connectivity index (χ1) is 10.6. The number of amides is 2. The minimum absolute atomic E-state index is 0.193. The Morgan fingerprint density at radius 2 is 2.18 bits per heavy atom. The average molecular weight is 339 g/mol. The average Bonchev–Trinajstić information content (AvgIpc) is 3.08. The molecule has 0 saturated carbocycles. The number of thiazole rings is 1. The van der Waals surface area contributed by atoms with Gasteiger partial charge in [0.1, 0.15) is 5.01 Å². The number of anilines is 1. The summed E-state index contributed by atoms with van der Waals surface area (Å²) in [7, 11) is 1.74. The minimum Gasteiger partial charge on any atom is -0.322 e. The second-order valence-electron chi connectivity index (χ2n) is 5.10. The Morgan fingerprint density at radius 1 is 1.36 bits per heavy atom. The summed E-state index contributed by atoms with van der Waals surface area (Å²) in [5.41, 5.74) is 0.901. The summed E-state index contributed by atoms with van der Waals surface area (Å²) in [6.45, 7) is 4.61. The number of urea groups is 1. The lowest BCUT2D eigenvalue weighted by molar-refractivity contribution is 0.220. The van der Waals surface area contributed by atoms with Crippen LogP contribution in [0, 0.1) is 6.92 Å². The molecule has 120 valence electrons. The number of unbranched alkanes of at least 4 members (excludes halogenated alkanes) is 2. The summed E-state index contributed by atoms with van der Waals surface area (Å²) in [5.74, 6) is 0. The van der Waals surface area contributed by atoms with Gasteiger partial charge >= 0.3 is 6.03 Å². The van der Waals surface area contributed by atoms with Crippen LogP contribution in [0.15, 0.2) is 5.38 Å². The van der Waals surface area contributed by atoms with Crippen molar-refractivity contribution in [1.29, 1.82) is 0 Å². The SMILES string of the molecule is CCCCCc1nnc(NC(=O)N(C)Cc2csc(C)n2)s1. The fourth-order valence-electron chi connectivity index (χ4n) is 1.91. The third-order valence-electron chi connectivity index (χ3n) is 3.09. The molecule has 0 aliphatic heterocycles. The minimum atomic E-state index is -0.193. The maximum atomic E-state index is 12.1. The van der Waals surface area contributed by atoms with E-state index in [-0.39, 0.29) is 6.03 Å². The number of hydrogen-bond donors (Lipinski definition) is 1. The molecule has 0 aliphatic carbocycles. The molecule has 0 aromatic carbocycles. The van der Waals surface area contributed by atoms with Crippen LogP contribution in [-0.4, -0.2) is 33.2 Å². The molecule has 2 aromatic heterocycles. The van der Waals surface area contributed by atoms with Crippen molar-refractivity contribution >= 4 is 33.8 Å². The van der Waals surface area contributed by atoms with Crippen LogP contribution >= 0.6 is 22.7 Å². The zero-order valence-corrected chi connectivity index (χ0v) is 14.8. The molecule has 0 bridgehead atoms. The topological polar surface area (TPSA) is 71.0 Å². The third kappa shape index (κ3) is 5.03. The van der Waals surface area contributed by atoms with Crippen molar-refractivity contribution in [3.8, 4) is 0 Å². The van der Waals surface area contributed by atoms with Gasteiger partial charge in [0, 0.05) is 18.8 Å². The van der Waals surface area contributed by atoms with Crippen molar-refractivity contribution in [2.45, 2.75) is 46.1 Å². The predicted octanol–water partition coefficient (Wildman–Crippen LogP) is 3.70. The Kier molecular flexibility index (Phi) is 6.26. The number of nitrogens with zero attached hydrogens (tertiary/aromatic N) is 4. The van der Waals surface area contributed by atoms with Crippen LogP contribution in [0.1, 0.15) is 41.9 Å². The normalized spacial score (nSPS) is 10.7. The number of aryl methyl sites for hydroxylation is 2. The van der Waals surface area contributed by atoms with Crippen LogP contribution in [0.3, 0.4) is 0 Å². The molecule has 2 amide bonds. The number of carbonyl (C=O) groups excluding carboxylic acids is 1. The van der Waals surface area contributed by atoms with E-state index >= 15 is 0 Å². The lowest BCUT2D eigenvalue weighted by Crippen LogP contribution is -2.30. The Hall–Kier alpha value is -1.54. The van der Waals surface area contributed by atoms with Gasteiger partial charge in [0.15, 0.2) is 0 Å². The van der Waals surface area contributed by atoms with Crippen molar-refractivity contribution in [3.63, 3.8) is 0 Å². The summed E-state index contributed by atoms with van der Waals surface area (Å²) in [6, 6.07) is -0.193. The Labute approximate surface area is 138 Å². The number of nitrogens with one attached hydrogen (secondary N) is 1. The van der Waals surface area contributed by atoms with E-state index in [1.54, 1.807) is 23.3 Å². The first kappa shape index (κ1) is 16.8. The molecule has 2 aromatic rings. The summed E-state index contributed by atoms with van der Waals surface area (Å²) in [6.07, 6.45) is 4.41. The highest BCUT2D eigenvalue weighted by atomic mass is 32.1. The largest absolute Gasteiger partial charge is 0.323 e. The van der Waals surface area contributed by atoms with E-state index in [1.807, 2.05) is 12.3 Å². The lowest BCUT2D eigenvalue weighted by atomic mass is 10.2. The van der Waals surface area contributed by atoms with Gasteiger partial charge in [0.25, 0.3) is 0 Å². The quantitative estimate of drug-likeness (QED) is 0.781. The zero-order chi connectivity index (χ0) is 15.9. The van der Waals surface area contributed by atoms with Gasteiger partial charge in [-0.05, 0) is 13.3 Å². The molecule has 0 atom stereocenters. The van der Waals surface area contributed by atoms with E-state index in [1.165, 1.54) is 24.2 Å². The summed E-state index contributed by atoms with van der Waals surface area (Å²) in [5, 5.41) is 15.4. The first-order valence-electron chi connectivity index (χ1n) is 7.34. The van der Waals surface area contributed by atoms with E-state index in [2.05, 4.69) is 27.4 Å². The van der Waals surface area contributed by atoms with Gasteiger partial charge in [-0.15, -0.1) is 21.5 Å². The molecule has 1 N–H and O–H groups in total. The number of aromatic nitrogens is 3. The summed E-state index contributed by atoms with van der Waals surface area (Å²) < 4.78 is 0. The predicted molar refractivity (Wildman–Crippen MR) is 90.5 cm³/mol. The molecule has 8 heteroatoms. The highest BCUT2D eigenvalue weighted by Crippen LogP contribution is 2.18. The molecule has 0 radical (unpaired) electrons. The van der Waals surface area contributed by atoms with Crippen LogP contribution in [0.4, 0.5) is 9.93 Å². The Balaban J connectivity index is 1.83. The number of hydrogen-bond acceptors (Lipinski definition) is 6. The fraction of sp³-hybridized carbons (Fsp3) is 0.571. The van der Waals surface area contributed by atoms with Gasteiger partial charge in [0.2, 0.25) is 5.13 Å². The van der Waals surface area contributed by atoms with E-state index in [0.29, 0.717) is 11.7 Å². The van der Waals surface area contributed by atoms with Crippen molar-refractivity contribution in [1.82, 2.24) is 20.1 Å². The van der Waals surface area contributed by atoms with E-state index in [9.17, 15) is 4.79 Å². The van der Waals surface area contributed by atoms with Gasteiger partial charge in [-0.1, -0.05) is 31.1 Å². The third-order valence-corrected chi connectivity index (χ3v) is 4.81. The molecule has 0 saturated heterocycles. The van der Waals surface area contributed by atoms with E-state index in [0.717, 1.165) is 28.6 Å². The standard InChI is InChI=1S/C14H21N5OS2/c1-4-5-6-7-12-17-18-13(22-12)16-14(20)19(3)8-11-9-21-10(2)15-11/h9H,4-8H2,1-3H3,(H,16,18,20). The van der Waals surface area contributed by atoms with Gasteiger partial charge in [-0.3, -0.25) is 5.32 Å². The van der Waals surface area contributed by atoms with Crippen LogP contribution in [-0.2, 0) is 13.0 Å². The molecule has 0 spiro atoms. The van der Waals surface area contributed by atoms with Crippen molar-refractivity contribution in [2.75, 3.05) is 12.4 Å². The number of carbonyl (C=O) groups is 1. The Morgan fingerprint density at radius 3 is 2.86 bits per heavy atom. The fourth-order valence-corrected chi connectivity index (χ4v) is 3.29. The maximum Gasteiger partial charge on any atom is 0.323 e. The first-order valence-corrected chi connectivity index (χ1v) is 9.03. The zero-order valence-electron chi connectivity index (χ0n) is 13.1. The van der Waals surface area contributed by atoms with E-state index in [4.69, 9.17) is 0 Å². The van der Waals surface area contributed by atoms with Crippen molar-refractivity contribution in [3.05, 3.63) is 21.1 Å². The molecular weight excluding hydrogens is 318 g/mol. The smallest absolute Gasteiger partial charge is 0.322 e. The number of rotatable bonds is 7. The highest BCUT2D eigenvalue weighted by molar-refractivity contribution is 7.15. The lowest BCUT2D eigenvalue weighted by Gasteiger charge is -2.15. The summed E-state index contributed by atoms with van der Waals surface area (Å²) >= 11 is 3.03. The van der Waals surface area contributed by atoms with Crippen LogP contribution < -0.4 is 5.32 Å². The molecule has 22 heavy (non-hydrogen) atoms. The molecule has 2 rings (SSSR count). The molecule has 2 heterocycles. The van der Waals surface area contributed by atoms with Crippen LogP contribution in [0.2, 0.25) is 0 Å². The summed E-state index contributed by atoms with van der Waals surface area (Å²) in [4.78, 5) is 18.1. The maximum absolute atomic E-state index is 12.1.